The van der Waals surface area contributed by atoms with Crippen LogP contribution in [-0.4, -0.2) is 50.7 Å². The number of halogens is 1. The van der Waals surface area contributed by atoms with Crippen molar-refractivity contribution in [2.24, 2.45) is 0 Å². The fourth-order valence-electron chi connectivity index (χ4n) is 4.24. The average Bonchev–Trinajstić information content (AvgIpc) is 3.49. The number of fused-ring (bicyclic) bond motifs is 1. The molecular formula is C24H25FN4O3S. The lowest BCUT2D eigenvalue weighted by atomic mass is 9.91. The SMILES string of the molecule is OCc1ccc(-c2nnc(SCCCN3CCC(c4noc5cc(F)ccc45)CC3)o2)cc1. The van der Waals surface area contributed by atoms with Crippen molar-refractivity contribution < 1.29 is 18.4 Å². The van der Waals surface area contributed by atoms with Gasteiger partial charge in [-0.2, -0.15) is 0 Å². The molecule has 0 unspecified atom stereocenters. The first-order valence-corrected chi connectivity index (χ1v) is 12.1. The van der Waals surface area contributed by atoms with Gasteiger partial charge in [0.2, 0.25) is 5.89 Å². The molecule has 5 rings (SSSR count). The first kappa shape index (κ1) is 22.1. The number of hydrogen-bond acceptors (Lipinski definition) is 8. The zero-order chi connectivity index (χ0) is 22.6. The van der Waals surface area contributed by atoms with Gasteiger partial charge in [0.25, 0.3) is 5.22 Å². The molecule has 172 valence electrons. The van der Waals surface area contributed by atoms with E-state index in [0.29, 0.717) is 22.6 Å². The van der Waals surface area contributed by atoms with Gasteiger partial charge in [0.15, 0.2) is 5.58 Å². The molecule has 1 saturated heterocycles. The van der Waals surface area contributed by atoms with Crippen LogP contribution in [0.5, 0.6) is 0 Å². The van der Waals surface area contributed by atoms with Crippen LogP contribution in [0.25, 0.3) is 22.4 Å². The summed E-state index contributed by atoms with van der Waals surface area (Å²) in [6.45, 7) is 3.06. The van der Waals surface area contributed by atoms with E-state index in [4.69, 9.17) is 14.0 Å². The molecule has 3 heterocycles. The Labute approximate surface area is 195 Å². The number of aromatic nitrogens is 3. The zero-order valence-corrected chi connectivity index (χ0v) is 18.9. The second kappa shape index (κ2) is 10.0. The number of nitrogens with zero attached hydrogens (tertiary/aromatic N) is 4. The van der Waals surface area contributed by atoms with Crippen molar-refractivity contribution in [3.05, 3.63) is 59.5 Å². The summed E-state index contributed by atoms with van der Waals surface area (Å²) in [6.07, 6.45) is 3.08. The number of hydrogen-bond donors (Lipinski definition) is 1. The van der Waals surface area contributed by atoms with Crippen molar-refractivity contribution in [2.45, 2.75) is 37.0 Å². The number of aliphatic hydroxyl groups excluding tert-OH is 1. The van der Waals surface area contributed by atoms with Gasteiger partial charge in [-0.25, -0.2) is 4.39 Å². The summed E-state index contributed by atoms with van der Waals surface area (Å²) in [6, 6.07) is 12.1. The van der Waals surface area contributed by atoms with Crippen molar-refractivity contribution in [3.8, 4) is 11.5 Å². The van der Waals surface area contributed by atoms with Gasteiger partial charge in [-0.05, 0) is 68.7 Å². The maximum atomic E-state index is 13.4. The molecule has 4 aromatic rings. The van der Waals surface area contributed by atoms with Crippen LogP contribution in [0.1, 0.15) is 36.4 Å². The van der Waals surface area contributed by atoms with Gasteiger partial charge in [-0.15, -0.1) is 10.2 Å². The van der Waals surface area contributed by atoms with Gasteiger partial charge in [0.1, 0.15) is 5.82 Å². The van der Waals surface area contributed by atoms with Gasteiger partial charge in [-0.1, -0.05) is 29.1 Å². The molecule has 1 aliphatic rings. The van der Waals surface area contributed by atoms with Gasteiger partial charge in [0.05, 0.1) is 12.3 Å². The lowest BCUT2D eigenvalue weighted by Gasteiger charge is -2.31. The summed E-state index contributed by atoms with van der Waals surface area (Å²) in [5.41, 5.74) is 3.18. The summed E-state index contributed by atoms with van der Waals surface area (Å²) in [7, 11) is 0. The lowest BCUT2D eigenvalue weighted by Crippen LogP contribution is -2.34. The Kier molecular flexibility index (Phi) is 6.70. The average molecular weight is 469 g/mol. The Morgan fingerprint density at radius 2 is 1.91 bits per heavy atom. The van der Waals surface area contributed by atoms with Crippen LogP contribution in [0.15, 0.2) is 56.6 Å². The number of likely N-dealkylation sites (tertiary alicyclic amines) is 1. The highest BCUT2D eigenvalue weighted by Crippen LogP contribution is 2.33. The minimum Gasteiger partial charge on any atom is -0.411 e. The van der Waals surface area contributed by atoms with E-state index in [1.807, 2.05) is 24.3 Å². The van der Waals surface area contributed by atoms with Crippen LogP contribution in [0, 0.1) is 5.82 Å². The van der Waals surface area contributed by atoms with E-state index in [9.17, 15) is 4.39 Å². The molecular weight excluding hydrogens is 443 g/mol. The van der Waals surface area contributed by atoms with Gasteiger partial charge < -0.3 is 18.9 Å². The van der Waals surface area contributed by atoms with Crippen LogP contribution in [0.4, 0.5) is 4.39 Å². The Morgan fingerprint density at radius 1 is 1.09 bits per heavy atom. The second-order valence-electron chi connectivity index (χ2n) is 8.25. The van der Waals surface area contributed by atoms with E-state index >= 15 is 0 Å². The fourth-order valence-corrected chi connectivity index (χ4v) is 4.92. The molecule has 0 atom stereocenters. The van der Waals surface area contributed by atoms with E-state index in [0.717, 1.165) is 66.9 Å². The molecule has 0 aliphatic carbocycles. The fraction of sp³-hybridized carbons (Fsp3) is 0.375. The molecule has 0 radical (unpaired) electrons. The van der Waals surface area contributed by atoms with Gasteiger partial charge in [0, 0.05) is 28.7 Å². The monoisotopic (exact) mass is 468 g/mol. The molecule has 0 bridgehead atoms. The van der Waals surface area contributed by atoms with Crippen LogP contribution in [0.2, 0.25) is 0 Å². The number of rotatable bonds is 8. The largest absolute Gasteiger partial charge is 0.411 e. The highest BCUT2D eigenvalue weighted by molar-refractivity contribution is 7.99. The highest BCUT2D eigenvalue weighted by atomic mass is 32.2. The molecule has 0 saturated carbocycles. The molecule has 1 fully saturated rings. The van der Waals surface area contributed by atoms with Crippen LogP contribution >= 0.6 is 11.8 Å². The minimum absolute atomic E-state index is 0.0151. The Morgan fingerprint density at radius 3 is 2.70 bits per heavy atom. The third kappa shape index (κ3) is 5.10. The Hall–Kier alpha value is -2.75. The first-order chi connectivity index (χ1) is 16.2. The number of aliphatic hydroxyl groups is 1. The summed E-state index contributed by atoms with van der Waals surface area (Å²) >= 11 is 1.57. The molecule has 9 heteroatoms. The summed E-state index contributed by atoms with van der Waals surface area (Å²) in [5.74, 6) is 1.45. The van der Waals surface area contributed by atoms with E-state index in [1.54, 1.807) is 17.8 Å². The standard InChI is InChI=1S/C24H25FN4O3S/c25-19-6-7-20-21(14-19)32-28-22(20)17-8-11-29(12-9-17)10-1-13-33-24-27-26-23(31-24)18-4-2-16(15-30)3-5-18/h2-7,14,17,30H,1,8-13,15H2. The molecule has 0 amide bonds. The van der Waals surface area contributed by atoms with Gasteiger partial charge in [-0.3, -0.25) is 0 Å². The van der Waals surface area contributed by atoms with Crippen molar-refractivity contribution in [1.82, 2.24) is 20.3 Å². The molecule has 2 aromatic carbocycles. The van der Waals surface area contributed by atoms with E-state index in [1.165, 1.54) is 12.1 Å². The predicted octanol–water partition coefficient (Wildman–Crippen LogP) is 4.87. The van der Waals surface area contributed by atoms with Gasteiger partial charge >= 0.3 is 0 Å². The third-order valence-electron chi connectivity index (χ3n) is 6.07. The van der Waals surface area contributed by atoms with Crippen LogP contribution in [0.3, 0.4) is 0 Å². The van der Waals surface area contributed by atoms with Crippen LogP contribution < -0.4 is 0 Å². The normalized spacial score (nSPS) is 15.5. The predicted molar refractivity (Wildman–Crippen MR) is 123 cm³/mol. The smallest absolute Gasteiger partial charge is 0.276 e. The maximum Gasteiger partial charge on any atom is 0.276 e. The van der Waals surface area contributed by atoms with Crippen molar-refractivity contribution in [3.63, 3.8) is 0 Å². The molecule has 1 aliphatic heterocycles. The molecule has 1 N–H and O–H groups in total. The maximum absolute atomic E-state index is 13.4. The summed E-state index contributed by atoms with van der Waals surface area (Å²) in [5, 5.41) is 23.1. The molecule has 33 heavy (non-hydrogen) atoms. The zero-order valence-electron chi connectivity index (χ0n) is 18.1. The van der Waals surface area contributed by atoms with Crippen molar-refractivity contribution in [1.29, 1.82) is 0 Å². The Balaban J connectivity index is 1.06. The van der Waals surface area contributed by atoms with Crippen molar-refractivity contribution >= 4 is 22.7 Å². The van der Waals surface area contributed by atoms with E-state index < -0.39 is 0 Å². The molecule has 7 nitrogen and oxygen atoms in total. The quantitative estimate of drug-likeness (QED) is 0.289. The lowest BCUT2D eigenvalue weighted by molar-refractivity contribution is 0.210. The summed E-state index contributed by atoms with van der Waals surface area (Å²) < 4.78 is 24.5. The topological polar surface area (TPSA) is 88.4 Å². The molecule has 2 aromatic heterocycles. The first-order valence-electron chi connectivity index (χ1n) is 11.1. The highest BCUT2D eigenvalue weighted by Gasteiger charge is 2.25. The Bertz CT molecular complexity index is 1200. The van der Waals surface area contributed by atoms with Crippen molar-refractivity contribution in [2.75, 3.05) is 25.4 Å². The van der Waals surface area contributed by atoms with E-state index in [2.05, 4.69) is 20.3 Å². The minimum atomic E-state index is -0.300. The number of benzene rings is 2. The number of piperidine rings is 1. The number of thioether (sulfide) groups is 1. The van der Waals surface area contributed by atoms with E-state index in [-0.39, 0.29) is 12.4 Å². The molecule has 0 spiro atoms. The third-order valence-corrected chi connectivity index (χ3v) is 6.98. The summed E-state index contributed by atoms with van der Waals surface area (Å²) in [4.78, 5) is 2.47. The van der Waals surface area contributed by atoms with Crippen LogP contribution in [-0.2, 0) is 6.61 Å². The second-order valence-corrected chi connectivity index (χ2v) is 9.30.